The number of carbonyl (C=O) groups excluding carboxylic acids is 1. The van der Waals surface area contributed by atoms with Gasteiger partial charge >= 0.3 is 0 Å². The minimum atomic E-state index is -3.55. The van der Waals surface area contributed by atoms with Gasteiger partial charge in [0.1, 0.15) is 12.4 Å². The molecule has 0 bridgehead atoms. The molecular weight excluding hydrogens is 304 g/mol. The SMILES string of the molecule is CC1CN(C(=O)CN=C2NS(=O)(=O)c3ccccc32)CCN1. The number of nitrogens with zero attached hydrogens (tertiary/aromatic N) is 2. The summed E-state index contributed by atoms with van der Waals surface area (Å²) in [7, 11) is -3.55. The highest BCUT2D eigenvalue weighted by Gasteiger charge is 2.30. The smallest absolute Gasteiger partial charge is 0.263 e. The van der Waals surface area contributed by atoms with Crippen molar-refractivity contribution in [2.75, 3.05) is 26.2 Å². The number of benzene rings is 1. The molecular formula is C14H18N4O3S. The van der Waals surface area contributed by atoms with Crippen LogP contribution in [0.3, 0.4) is 0 Å². The number of hydrogen-bond donors (Lipinski definition) is 2. The maximum Gasteiger partial charge on any atom is 0.263 e. The molecule has 0 saturated carbocycles. The van der Waals surface area contributed by atoms with E-state index >= 15 is 0 Å². The lowest BCUT2D eigenvalue weighted by atomic mass is 10.2. The number of rotatable bonds is 2. The molecule has 2 aliphatic rings. The van der Waals surface area contributed by atoms with Crippen molar-refractivity contribution in [2.24, 2.45) is 4.99 Å². The van der Waals surface area contributed by atoms with E-state index in [0.717, 1.165) is 6.54 Å². The zero-order valence-corrected chi connectivity index (χ0v) is 13.1. The van der Waals surface area contributed by atoms with E-state index in [9.17, 15) is 13.2 Å². The normalized spacial score (nSPS) is 24.9. The fourth-order valence-electron chi connectivity index (χ4n) is 2.66. The fraction of sp³-hybridized carbons (Fsp3) is 0.429. The van der Waals surface area contributed by atoms with Gasteiger partial charge in [0.15, 0.2) is 0 Å². The summed E-state index contributed by atoms with van der Waals surface area (Å²) in [4.78, 5) is 18.3. The van der Waals surface area contributed by atoms with Gasteiger partial charge in [-0.05, 0) is 19.1 Å². The van der Waals surface area contributed by atoms with Crippen LogP contribution in [0.4, 0.5) is 0 Å². The summed E-state index contributed by atoms with van der Waals surface area (Å²) in [5.41, 5.74) is 0.518. The summed E-state index contributed by atoms with van der Waals surface area (Å²) in [6.45, 7) is 4.02. The molecule has 8 heteroatoms. The van der Waals surface area contributed by atoms with Crippen LogP contribution in [0.5, 0.6) is 0 Å². The van der Waals surface area contributed by atoms with E-state index in [1.54, 1.807) is 23.1 Å². The number of nitrogens with one attached hydrogen (secondary N) is 2. The summed E-state index contributed by atoms with van der Waals surface area (Å²) < 4.78 is 26.3. The molecule has 1 fully saturated rings. The first-order valence-corrected chi connectivity index (χ1v) is 8.63. The van der Waals surface area contributed by atoms with Crippen LogP contribution < -0.4 is 10.0 Å². The van der Waals surface area contributed by atoms with Crippen molar-refractivity contribution in [2.45, 2.75) is 17.9 Å². The van der Waals surface area contributed by atoms with Crippen LogP contribution in [0.25, 0.3) is 0 Å². The highest BCUT2D eigenvalue weighted by molar-refractivity contribution is 7.90. The Morgan fingerprint density at radius 3 is 2.95 bits per heavy atom. The Bertz CT molecular complexity index is 729. The third-order valence-corrected chi connectivity index (χ3v) is 5.15. The van der Waals surface area contributed by atoms with E-state index in [-0.39, 0.29) is 29.2 Å². The Morgan fingerprint density at radius 1 is 1.41 bits per heavy atom. The van der Waals surface area contributed by atoms with Gasteiger partial charge in [-0.2, -0.15) is 0 Å². The summed E-state index contributed by atoms with van der Waals surface area (Å²) in [6, 6.07) is 6.88. The number of fused-ring (bicyclic) bond motifs is 1. The zero-order chi connectivity index (χ0) is 15.7. The van der Waals surface area contributed by atoms with Crippen LogP contribution in [0, 0.1) is 0 Å². The van der Waals surface area contributed by atoms with Crippen molar-refractivity contribution in [3.05, 3.63) is 29.8 Å². The molecule has 2 aliphatic heterocycles. The van der Waals surface area contributed by atoms with Crippen molar-refractivity contribution in [1.29, 1.82) is 0 Å². The summed E-state index contributed by atoms with van der Waals surface area (Å²) in [6.07, 6.45) is 0. The second-order valence-corrected chi connectivity index (χ2v) is 7.11. The summed E-state index contributed by atoms with van der Waals surface area (Å²) in [5.74, 6) is 0.150. The number of sulfonamides is 1. The van der Waals surface area contributed by atoms with E-state index in [4.69, 9.17) is 0 Å². The predicted octanol–water partition coefficient (Wildman–Crippen LogP) is -0.455. The van der Waals surface area contributed by atoms with E-state index in [1.807, 2.05) is 6.92 Å². The fourth-order valence-corrected chi connectivity index (χ4v) is 3.91. The second-order valence-electron chi connectivity index (χ2n) is 5.46. The molecule has 2 N–H and O–H groups in total. The zero-order valence-electron chi connectivity index (χ0n) is 12.2. The largest absolute Gasteiger partial charge is 0.338 e. The number of amides is 1. The molecule has 1 amide bonds. The lowest BCUT2D eigenvalue weighted by molar-refractivity contribution is -0.130. The van der Waals surface area contributed by atoms with Gasteiger partial charge in [-0.15, -0.1) is 0 Å². The number of hydrogen-bond acceptors (Lipinski definition) is 5. The Labute approximate surface area is 129 Å². The van der Waals surface area contributed by atoms with Gasteiger partial charge in [0.05, 0.1) is 4.90 Å². The maximum absolute atomic E-state index is 12.2. The standard InChI is InChI=1S/C14H18N4O3S/c1-10-9-18(7-6-15-10)13(19)8-16-14-11-4-2-3-5-12(11)22(20,21)17-14/h2-5,10,15H,6-9H2,1H3,(H,16,17). The van der Waals surface area contributed by atoms with Crippen LogP contribution in [-0.2, 0) is 14.8 Å². The van der Waals surface area contributed by atoms with Crippen LogP contribution in [0.15, 0.2) is 34.2 Å². The average molecular weight is 322 g/mol. The van der Waals surface area contributed by atoms with E-state index in [2.05, 4.69) is 15.0 Å². The average Bonchev–Trinajstić information content (AvgIpc) is 2.76. The first kappa shape index (κ1) is 15.0. The van der Waals surface area contributed by atoms with Gasteiger partial charge in [0, 0.05) is 31.2 Å². The van der Waals surface area contributed by atoms with Crippen LogP contribution in [0.2, 0.25) is 0 Å². The van der Waals surface area contributed by atoms with Crippen molar-refractivity contribution < 1.29 is 13.2 Å². The molecule has 22 heavy (non-hydrogen) atoms. The van der Waals surface area contributed by atoms with Crippen LogP contribution in [-0.4, -0.2) is 57.3 Å². The molecule has 1 unspecified atom stereocenters. The maximum atomic E-state index is 12.2. The topological polar surface area (TPSA) is 90.9 Å². The van der Waals surface area contributed by atoms with E-state index in [0.29, 0.717) is 18.7 Å². The molecule has 3 rings (SSSR count). The van der Waals surface area contributed by atoms with Gasteiger partial charge in [-0.1, -0.05) is 12.1 Å². The quantitative estimate of drug-likeness (QED) is 0.771. The Balaban J connectivity index is 1.75. The predicted molar refractivity (Wildman–Crippen MR) is 82.2 cm³/mol. The van der Waals surface area contributed by atoms with Gasteiger partial charge in [0.25, 0.3) is 10.0 Å². The lowest BCUT2D eigenvalue weighted by Gasteiger charge is -2.31. The summed E-state index contributed by atoms with van der Waals surface area (Å²) >= 11 is 0. The summed E-state index contributed by atoms with van der Waals surface area (Å²) in [5, 5.41) is 3.27. The van der Waals surface area contributed by atoms with E-state index in [1.165, 1.54) is 6.07 Å². The highest BCUT2D eigenvalue weighted by atomic mass is 32.2. The van der Waals surface area contributed by atoms with Gasteiger partial charge in [0.2, 0.25) is 5.91 Å². The number of aliphatic imine (C=N–C) groups is 1. The first-order chi connectivity index (χ1) is 10.5. The monoisotopic (exact) mass is 322 g/mol. The molecule has 7 nitrogen and oxygen atoms in total. The van der Waals surface area contributed by atoms with E-state index < -0.39 is 10.0 Å². The number of carbonyl (C=O) groups is 1. The molecule has 1 saturated heterocycles. The molecule has 0 aromatic heterocycles. The number of piperazine rings is 1. The molecule has 1 atom stereocenters. The third kappa shape index (κ3) is 2.84. The first-order valence-electron chi connectivity index (χ1n) is 7.15. The van der Waals surface area contributed by atoms with Crippen LogP contribution in [0.1, 0.15) is 12.5 Å². The van der Waals surface area contributed by atoms with Crippen molar-refractivity contribution >= 4 is 21.8 Å². The van der Waals surface area contributed by atoms with Gasteiger partial charge in [-0.25, -0.2) is 8.42 Å². The molecule has 0 spiro atoms. The van der Waals surface area contributed by atoms with Crippen molar-refractivity contribution in [3.8, 4) is 0 Å². The minimum absolute atomic E-state index is 0.0566. The van der Waals surface area contributed by atoms with Crippen LogP contribution >= 0.6 is 0 Å². The lowest BCUT2D eigenvalue weighted by Crippen LogP contribution is -2.52. The molecule has 2 heterocycles. The van der Waals surface area contributed by atoms with Gasteiger partial charge in [-0.3, -0.25) is 14.5 Å². The Hall–Kier alpha value is -1.93. The molecule has 1 aromatic carbocycles. The molecule has 118 valence electrons. The highest BCUT2D eigenvalue weighted by Crippen LogP contribution is 2.22. The van der Waals surface area contributed by atoms with Crippen molar-refractivity contribution in [3.63, 3.8) is 0 Å². The minimum Gasteiger partial charge on any atom is -0.338 e. The third-order valence-electron chi connectivity index (χ3n) is 3.76. The number of amidine groups is 1. The molecule has 0 radical (unpaired) electrons. The second kappa shape index (κ2) is 5.69. The Morgan fingerprint density at radius 2 is 2.18 bits per heavy atom. The van der Waals surface area contributed by atoms with Gasteiger partial charge < -0.3 is 10.2 Å². The molecule has 1 aromatic rings. The Kier molecular flexibility index (Phi) is 3.88. The molecule has 0 aliphatic carbocycles. The van der Waals surface area contributed by atoms with Crippen molar-refractivity contribution in [1.82, 2.24) is 14.9 Å².